The lowest BCUT2D eigenvalue weighted by atomic mass is 10.1. The Morgan fingerprint density at radius 1 is 1.36 bits per heavy atom. The summed E-state index contributed by atoms with van der Waals surface area (Å²) in [4.78, 5) is 12.4. The lowest BCUT2D eigenvalue weighted by molar-refractivity contribution is 0.102. The molecule has 136 valence electrons. The van der Waals surface area contributed by atoms with Crippen molar-refractivity contribution >= 4 is 38.9 Å². The largest absolute Gasteiger partial charge is 0.359 e. The molecular weight excluding hydrogens is 373 g/mol. The van der Waals surface area contributed by atoms with E-state index in [0.29, 0.717) is 23.6 Å². The Labute approximate surface area is 149 Å². The number of hydrogen-bond acceptors (Lipinski definition) is 5. The number of halogens is 2. The Hall–Kier alpha value is -2.13. The fourth-order valence-electron chi connectivity index (χ4n) is 2.16. The van der Waals surface area contributed by atoms with Crippen molar-refractivity contribution < 1.29 is 22.1 Å². The second-order valence-corrected chi connectivity index (χ2v) is 7.61. The highest BCUT2D eigenvalue weighted by Gasteiger charge is 2.23. The predicted molar refractivity (Wildman–Crippen MR) is 93.0 cm³/mol. The molecule has 2 rings (SSSR count). The van der Waals surface area contributed by atoms with E-state index in [0.717, 1.165) is 6.07 Å². The van der Waals surface area contributed by atoms with Crippen molar-refractivity contribution in [2.45, 2.75) is 27.2 Å². The monoisotopic (exact) mass is 389 g/mol. The summed E-state index contributed by atoms with van der Waals surface area (Å²) in [6.45, 7) is 4.88. The summed E-state index contributed by atoms with van der Waals surface area (Å²) in [7, 11) is -3.72. The van der Waals surface area contributed by atoms with Crippen molar-refractivity contribution in [1.82, 2.24) is 5.16 Å². The van der Waals surface area contributed by atoms with Crippen LogP contribution in [0.2, 0.25) is 5.02 Å². The van der Waals surface area contributed by atoms with E-state index in [1.807, 2.05) is 0 Å². The minimum absolute atomic E-state index is 0.153. The van der Waals surface area contributed by atoms with Crippen molar-refractivity contribution in [3.05, 3.63) is 40.0 Å². The lowest BCUT2D eigenvalue weighted by Crippen LogP contribution is -2.20. The Morgan fingerprint density at radius 3 is 2.60 bits per heavy atom. The van der Waals surface area contributed by atoms with Gasteiger partial charge in [0.1, 0.15) is 11.4 Å². The topological polar surface area (TPSA) is 101 Å². The third-order valence-electron chi connectivity index (χ3n) is 3.33. The molecule has 0 saturated carbocycles. The van der Waals surface area contributed by atoms with E-state index in [2.05, 4.69) is 15.2 Å². The molecule has 2 N–H and O–H groups in total. The van der Waals surface area contributed by atoms with Crippen LogP contribution in [0, 0.1) is 19.7 Å². The van der Waals surface area contributed by atoms with Crippen LogP contribution >= 0.6 is 11.6 Å². The van der Waals surface area contributed by atoms with Crippen molar-refractivity contribution in [3.8, 4) is 0 Å². The molecule has 1 aromatic heterocycles. The number of benzene rings is 1. The number of aryl methyl sites for hydroxylation is 2. The summed E-state index contributed by atoms with van der Waals surface area (Å²) in [5.41, 5.74) is -0.0975. The first-order chi connectivity index (χ1) is 11.7. The Morgan fingerprint density at radius 2 is 2.04 bits per heavy atom. The van der Waals surface area contributed by atoms with Gasteiger partial charge >= 0.3 is 0 Å². The van der Waals surface area contributed by atoms with E-state index in [4.69, 9.17) is 16.1 Å². The standard InChI is InChI=1S/C15H17ClFN3O4S/c1-4-7-25(22,23)20-11-6-5-10(16)12(13(11)17)15(21)18-14-8(2)19-24-9(14)3/h5-6,20H,4,7H2,1-3H3,(H,18,21). The molecule has 0 aliphatic carbocycles. The van der Waals surface area contributed by atoms with E-state index < -0.39 is 27.3 Å². The van der Waals surface area contributed by atoms with Crippen LogP contribution in [-0.2, 0) is 10.0 Å². The quantitative estimate of drug-likeness (QED) is 0.787. The van der Waals surface area contributed by atoms with Crippen molar-refractivity contribution in [1.29, 1.82) is 0 Å². The van der Waals surface area contributed by atoms with Crippen LogP contribution in [0.3, 0.4) is 0 Å². The molecule has 0 unspecified atom stereocenters. The smallest absolute Gasteiger partial charge is 0.260 e. The zero-order chi connectivity index (χ0) is 18.8. The fourth-order valence-corrected chi connectivity index (χ4v) is 3.53. The van der Waals surface area contributed by atoms with Gasteiger partial charge in [0, 0.05) is 0 Å². The van der Waals surface area contributed by atoms with Gasteiger partial charge in [0.2, 0.25) is 10.0 Å². The van der Waals surface area contributed by atoms with Crippen LogP contribution in [0.5, 0.6) is 0 Å². The molecule has 25 heavy (non-hydrogen) atoms. The third-order valence-corrected chi connectivity index (χ3v) is 5.12. The van der Waals surface area contributed by atoms with Gasteiger partial charge in [-0.25, -0.2) is 12.8 Å². The summed E-state index contributed by atoms with van der Waals surface area (Å²) < 4.78 is 45.4. The molecule has 0 aliphatic rings. The van der Waals surface area contributed by atoms with Crippen molar-refractivity contribution in [2.75, 3.05) is 15.8 Å². The van der Waals surface area contributed by atoms with Gasteiger partial charge in [0.15, 0.2) is 11.6 Å². The molecule has 0 aliphatic heterocycles. The van der Waals surface area contributed by atoms with Gasteiger partial charge in [-0.15, -0.1) is 0 Å². The Bertz CT molecular complexity index is 892. The molecule has 0 saturated heterocycles. The van der Waals surface area contributed by atoms with Gasteiger partial charge in [-0.1, -0.05) is 23.7 Å². The molecule has 1 heterocycles. The molecule has 0 bridgehead atoms. The normalized spacial score (nSPS) is 11.4. The summed E-state index contributed by atoms with van der Waals surface area (Å²) in [6, 6.07) is 2.41. The minimum Gasteiger partial charge on any atom is -0.359 e. The first-order valence-electron chi connectivity index (χ1n) is 7.39. The molecule has 1 aromatic carbocycles. The third kappa shape index (κ3) is 4.29. The Kier molecular flexibility index (Phi) is 5.69. The molecular formula is C15H17ClFN3O4S. The van der Waals surface area contributed by atoms with Crippen LogP contribution in [0.4, 0.5) is 15.8 Å². The second-order valence-electron chi connectivity index (χ2n) is 5.36. The van der Waals surface area contributed by atoms with Crippen LogP contribution < -0.4 is 10.0 Å². The number of sulfonamides is 1. The molecule has 0 spiro atoms. The van der Waals surface area contributed by atoms with Gasteiger partial charge < -0.3 is 9.84 Å². The van der Waals surface area contributed by atoms with Gasteiger partial charge in [0.25, 0.3) is 5.91 Å². The van der Waals surface area contributed by atoms with E-state index in [1.54, 1.807) is 20.8 Å². The summed E-state index contributed by atoms with van der Waals surface area (Å²) in [5.74, 6) is -1.72. The summed E-state index contributed by atoms with van der Waals surface area (Å²) in [6.07, 6.45) is 0.365. The van der Waals surface area contributed by atoms with Gasteiger partial charge in [-0.3, -0.25) is 9.52 Å². The van der Waals surface area contributed by atoms with Crippen LogP contribution in [0.15, 0.2) is 16.7 Å². The van der Waals surface area contributed by atoms with Gasteiger partial charge in [-0.2, -0.15) is 0 Å². The number of carbonyl (C=O) groups excluding carboxylic acids is 1. The number of rotatable bonds is 6. The van der Waals surface area contributed by atoms with E-state index in [-0.39, 0.29) is 16.5 Å². The zero-order valence-electron chi connectivity index (χ0n) is 13.8. The maximum atomic E-state index is 14.7. The fraction of sp³-hybridized carbons (Fsp3) is 0.333. The lowest BCUT2D eigenvalue weighted by Gasteiger charge is -2.12. The van der Waals surface area contributed by atoms with Gasteiger partial charge in [-0.05, 0) is 32.4 Å². The number of nitrogens with zero attached hydrogens (tertiary/aromatic N) is 1. The highest BCUT2D eigenvalue weighted by atomic mass is 35.5. The molecule has 0 radical (unpaired) electrons. The van der Waals surface area contributed by atoms with E-state index in [1.165, 1.54) is 6.07 Å². The zero-order valence-corrected chi connectivity index (χ0v) is 15.4. The molecule has 7 nitrogen and oxygen atoms in total. The average Bonchev–Trinajstić information content (AvgIpc) is 2.82. The number of nitrogens with one attached hydrogen (secondary N) is 2. The Balaban J connectivity index is 2.38. The number of amides is 1. The number of anilines is 2. The molecule has 10 heteroatoms. The van der Waals surface area contributed by atoms with Crippen LogP contribution in [0.1, 0.15) is 35.2 Å². The average molecular weight is 390 g/mol. The van der Waals surface area contributed by atoms with E-state index >= 15 is 0 Å². The predicted octanol–water partition coefficient (Wildman–Crippen LogP) is 3.49. The van der Waals surface area contributed by atoms with Gasteiger partial charge in [0.05, 0.1) is 22.0 Å². The first-order valence-corrected chi connectivity index (χ1v) is 9.42. The molecule has 0 atom stereocenters. The maximum absolute atomic E-state index is 14.7. The highest BCUT2D eigenvalue weighted by Crippen LogP contribution is 2.28. The van der Waals surface area contributed by atoms with Crippen LogP contribution in [0.25, 0.3) is 0 Å². The number of aromatic nitrogens is 1. The van der Waals surface area contributed by atoms with Crippen LogP contribution in [-0.4, -0.2) is 25.2 Å². The first kappa shape index (κ1) is 19.2. The van der Waals surface area contributed by atoms with E-state index in [9.17, 15) is 17.6 Å². The summed E-state index contributed by atoms with van der Waals surface area (Å²) >= 11 is 5.93. The maximum Gasteiger partial charge on any atom is 0.260 e. The highest BCUT2D eigenvalue weighted by molar-refractivity contribution is 7.92. The second kappa shape index (κ2) is 7.40. The summed E-state index contributed by atoms with van der Waals surface area (Å²) in [5, 5.41) is 6.01. The van der Waals surface area contributed by atoms with Crippen molar-refractivity contribution in [3.63, 3.8) is 0 Å². The molecule has 1 amide bonds. The number of carbonyl (C=O) groups is 1. The molecule has 0 fully saturated rings. The number of hydrogen-bond donors (Lipinski definition) is 2. The molecule has 2 aromatic rings. The SMILES string of the molecule is CCCS(=O)(=O)Nc1ccc(Cl)c(C(=O)Nc2c(C)noc2C)c1F. The van der Waals surface area contributed by atoms with Crippen molar-refractivity contribution in [2.24, 2.45) is 0 Å². The minimum atomic E-state index is -3.72.